The molecule has 0 saturated heterocycles. The molecule has 0 saturated carbocycles. The number of nitrogens with two attached hydrogens (primary N) is 2. The summed E-state index contributed by atoms with van der Waals surface area (Å²) in [5.41, 5.74) is 25.0. The molecule has 6 heteroatoms. The molecule has 51 heavy (non-hydrogen) atoms. The van der Waals surface area contributed by atoms with Gasteiger partial charge < -0.3 is 31.6 Å². The minimum absolute atomic E-state index is 0.0959. The predicted octanol–water partition coefficient (Wildman–Crippen LogP) is 10.9. The Bertz CT molecular complexity index is 1530. The molecule has 4 aromatic carbocycles. The zero-order chi connectivity index (χ0) is 37.2. The van der Waals surface area contributed by atoms with Crippen LogP contribution < -0.4 is 31.6 Å². The Morgan fingerprint density at radius 1 is 0.490 bits per heavy atom. The van der Waals surface area contributed by atoms with Crippen LogP contribution in [0.2, 0.25) is 0 Å². The van der Waals surface area contributed by atoms with E-state index in [4.69, 9.17) is 20.9 Å². The number of benzene rings is 4. The van der Waals surface area contributed by atoms with Crippen molar-refractivity contribution in [1.29, 1.82) is 0 Å². The van der Waals surface area contributed by atoms with Gasteiger partial charge in [0.15, 0.2) is 0 Å². The molecule has 6 N–H and O–H groups in total. The smallest absolute Gasteiger partial charge is 0.124 e. The first-order chi connectivity index (χ1) is 24.4. The van der Waals surface area contributed by atoms with Crippen LogP contribution in [0.25, 0.3) is 0 Å². The molecular weight excluding hydrogens is 629 g/mol. The summed E-state index contributed by atoms with van der Waals surface area (Å²) in [7, 11) is 0. The lowest BCUT2D eigenvalue weighted by Gasteiger charge is -2.27. The third-order valence-electron chi connectivity index (χ3n) is 9.74. The van der Waals surface area contributed by atoms with Crippen LogP contribution >= 0.6 is 0 Å². The first-order valence-electron chi connectivity index (χ1n) is 19.0. The highest BCUT2D eigenvalue weighted by Gasteiger charge is 2.22. The standard InChI is InChI=1S/C45H64N4O2/c1-28(2)34-14-11-15-35(29(3)4)44(34)48-40(26-46)38-24-32(9)18-20-42(38)50-22-13-23-51-43-21-19-33(10)25-39(43)41(27-47)49-45-36(30(5)6)16-12-17-37(45)31(7)8/h11-12,14-21,24-25,28-31,40-41,48-49H,13,22-23,26-27,46-47H2,1-10H3. The summed E-state index contributed by atoms with van der Waals surface area (Å²) in [6.07, 6.45) is 0.726. The first-order valence-corrected chi connectivity index (χ1v) is 19.0. The van der Waals surface area contributed by atoms with Crippen LogP contribution in [0, 0.1) is 13.8 Å². The van der Waals surface area contributed by atoms with Gasteiger partial charge in [-0.1, -0.05) is 127 Å². The number of hydrogen-bond donors (Lipinski definition) is 4. The van der Waals surface area contributed by atoms with E-state index >= 15 is 0 Å². The number of rotatable bonds is 18. The van der Waals surface area contributed by atoms with Gasteiger partial charge >= 0.3 is 0 Å². The second-order valence-electron chi connectivity index (χ2n) is 15.2. The highest BCUT2D eigenvalue weighted by molar-refractivity contribution is 5.63. The fourth-order valence-electron chi connectivity index (χ4n) is 6.88. The minimum Gasteiger partial charge on any atom is -0.493 e. The van der Waals surface area contributed by atoms with E-state index in [-0.39, 0.29) is 12.1 Å². The van der Waals surface area contributed by atoms with Crippen molar-refractivity contribution in [3.63, 3.8) is 0 Å². The second-order valence-corrected chi connectivity index (χ2v) is 15.2. The Morgan fingerprint density at radius 2 is 0.824 bits per heavy atom. The maximum Gasteiger partial charge on any atom is 0.124 e. The second kappa shape index (κ2) is 18.5. The van der Waals surface area contributed by atoms with E-state index in [0.29, 0.717) is 50.0 Å². The number of ether oxygens (including phenoxy) is 2. The summed E-state index contributed by atoms with van der Waals surface area (Å²) in [5.74, 6) is 3.24. The van der Waals surface area contributed by atoms with E-state index in [9.17, 15) is 0 Å². The van der Waals surface area contributed by atoms with Crippen LogP contribution in [0.1, 0.15) is 142 Å². The summed E-state index contributed by atoms with van der Waals surface area (Å²) in [6.45, 7) is 24.1. The van der Waals surface area contributed by atoms with Gasteiger partial charge in [-0.3, -0.25) is 0 Å². The molecule has 2 unspecified atom stereocenters. The van der Waals surface area contributed by atoms with E-state index < -0.39 is 0 Å². The Balaban J connectivity index is 1.49. The normalized spacial score (nSPS) is 12.9. The van der Waals surface area contributed by atoms with Gasteiger partial charge in [0.05, 0.1) is 25.3 Å². The Labute approximate surface area is 308 Å². The third kappa shape index (κ3) is 10.1. The van der Waals surface area contributed by atoms with Crippen molar-refractivity contribution in [3.05, 3.63) is 117 Å². The fraction of sp³-hybridized carbons (Fsp3) is 0.467. The number of anilines is 2. The topological polar surface area (TPSA) is 94.6 Å². The Morgan fingerprint density at radius 3 is 1.12 bits per heavy atom. The van der Waals surface area contributed by atoms with Crippen molar-refractivity contribution >= 4 is 11.4 Å². The fourth-order valence-corrected chi connectivity index (χ4v) is 6.88. The van der Waals surface area contributed by atoms with Crippen molar-refractivity contribution in [1.82, 2.24) is 0 Å². The Hall–Kier alpha value is -4.00. The lowest BCUT2D eigenvalue weighted by atomic mass is 9.91. The molecule has 276 valence electrons. The van der Waals surface area contributed by atoms with E-state index in [1.165, 1.54) is 44.8 Å². The van der Waals surface area contributed by atoms with Gasteiger partial charge in [-0.2, -0.15) is 0 Å². The average molecular weight is 693 g/mol. The zero-order valence-corrected chi connectivity index (χ0v) is 32.9. The lowest BCUT2D eigenvalue weighted by molar-refractivity contribution is 0.244. The summed E-state index contributed by atoms with van der Waals surface area (Å²) in [6, 6.07) is 25.8. The molecule has 4 rings (SSSR count). The molecule has 4 aromatic rings. The number of para-hydroxylation sites is 2. The van der Waals surface area contributed by atoms with Gasteiger partial charge in [-0.25, -0.2) is 0 Å². The molecule has 0 bridgehead atoms. The number of hydrogen-bond acceptors (Lipinski definition) is 6. The van der Waals surface area contributed by atoms with E-state index in [0.717, 1.165) is 29.0 Å². The lowest BCUT2D eigenvalue weighted by Crippen LogP contribution is -2.24. The molecule has 0 spiro atoms. The van der Waals surface area contributed by atoms with Gasteiger partial charge in [-0.15, -0.1) is 0 Å². The molecule has 0 aliphatic heterocycles. The highest BCUT2D eigenvalue weighted by atomic mass is 16.5. The van der Waals surface area contributed by atoms with Crippen LogP contribution in [0.15, 0.2) is 72.8 Å². The van der Waals surface area contributed by atoms with E-state index in [2.05, 4.69) is 153 Å². The first kappa shape index (κ1) is 39.8. The molecule has 0 aromatic heterocycles. The Kier molecular flexibility index (Phi) is 14.4. The quantitative estimate of drug-likeness (QED) is 0.0776. The summed E-state index contributed by atoms with van der Waals surface area (Å²) in [4.78, 5) is 0. The average Bonchev–Trinajstić information content (AvgIpc) is 3.09. The molecule has 0 radical (unpaired) electrons. The van der Waals surface area contributed by atoms with Crippen LogP contribution in [0.4, 0.5) is 11.4 Å². The summed E-state index contributed by atoms with van der Waals surface area (Å²) < 4.78 is 12.9. The molecule has 0 aliphatic carbocycles. The number of nitrogens with one attached hydrogen (secondary N) is 2. The summed E-state index contributed by atoms with van der Waals surface area (Å²) >= 11 is 0. The largest absolute Gasteiger partial charge is 0.493 e. The van der Waals surface area contributed by atoms with Crippen molar-refractivity contribution in [3.8, 4) is 11.5 Å². The van der Waals surface area contributed by atoms with Crippen LogP contribution in [-0.4, -0.2) is 26.3 Å². The maximum atomic E-state index is 6.47. The molecular formula is C45H64N4O2. The van der Waals surface area contributed by atoms with Gasteiger partial charge in [0, 0.05) is 42.0 Å². The van der Waals surface area contributed by atoms with E-state index in [1.54, 1.807) is 0 Å². The molecule has 2 atom stereocenters. The predicted molar refractivity (Wildman–Crippen MR) is 218 cm³/mol. The highest BCUT2D eigenvalue weighted by Crippen LogP contribution is 2.38. The monoisotopic (exact) mass is 693 g/mol. The SMILES string of the molecule is Cc1ccc(OCCCOc2ccc(C)cc2C(CN)Nc2c(C(C)C)cccc2C(C)C)c(C(CN)Nc2c(C(C)C)cccc2C(C)C)c1. The van der Waals surface area contributed by atoms with Crippen molar-refractivity contribution < 1.29 is 9.47 Å². The van der Waals surface area contributed by atoms with Crippen LogP contribution in [0.5, 0.6) is 11.5 Å². The van der Waals surface area contributed by atoms with Gasteiger partial charge in [-0.05, 0) is 71.9 Å². The van der Waals surface area contributed by atoms with Crippen molar-refractivity contribution in [2.24, 2.45) is 11.5 Å². The molecule has 6 nitrogen and oxygen atoms in total. The molecule has 0 heterocycles. The van der Waals surface area contributed by atoms with Crippen LogP contribution in [-0.2, 0) is 0 Å². The third-order valence-corrected chi connectivity index (χ3v) is 9.74. The van der Waals surface area contributed by atoms with Crippen molar-refractivity contribution in [2.75, 3.05) is 36.9 Å². The van der Waals surface area contributed by atoms with E-state index in [1.807, 2.05) is 0 Å². The summed E-state index contributed by atoms with van der Waals surface area (Å²) in [5, 5.41) is 7.71. The van der Waals surface area contributed by atoms with Crippen LogP contribution in [0.3, 0.4) is 0 Å². The maximum absolute atomic E-state index is 6.47. The molecule has 0 fully saturated rings. The van der Waals surface area contributed by atoms with Gasteiger partial charge in [0.25, 0.3) is 0 Å². The zero-order valence-electron chi connectivity index (χ0n) is 32.9. The van der Waals surface area contributed by atoms with Crippen molar-refractivity contribution in [2.45, 2.75) is 111 Å². The molecule has 0 amide bonds. The molecule has 0 aliphatic rings. The number of aryl methyl sites for hydroxylation is 2. The minimum atomic E-state index is -0.0959. The van der Waals surface area contributed by atoms with Gasteiger partial charge in [0.1, 0.15) is 11.5 Å². The van der Waals surface area contributed by atoms with Gasteiger partial charge in [0.2, 0.25) is 0 Å².